The molecule has 9 heteroatoms. The lowest BCUT2D eigenvalue weighted by Gasteiger charge is -2.21. The van der Waals surface area contributed by atoms with Gasteiger partial charge in [-0.15, -0.1) is 0 Å². The Morgan fingerprint density at radius 1 is 1.11 bits per heavy atom. The Balaban J connectivity index is 1.79. The van der Waals surface area contributed by atoms with E-state index in [1.165, 1.54) is 19.2 Å². The van der Waals surface area contributed by atoms with Crippen molar-refractivity contribution in [3.63, 3.8) is 0 Å². The molecule has 2 heterocycles. The maximum absolute atomic E-state index is 13.5. The van der Waals surface area contributed by atoms with Crippen molar-refractivity contribution >= 4 is 26.8 Å². The minimum atomic E-state index is -3.63. The SMILES string of the molecule is COc1cc(F)ccc1C1=NN(S(C)(=O)=O)[C@H](c2ccc3nccnc3c2)C1. The van der Waals surface area contributed by atoms with E-state index in [4.69, 9.17) is 4.74 Å². The van der Waals surface area contributed by atoms with Crippen LogP contribution in [0, 0.1) is 5.82 Å². The summed E-state index contributed by atoms with van der Waals surface area (Å²) in [6.45, 7) is 0. The van der Waals surface area contributed by atoms with E-state index < -0.39 is 21.9 Å². The Kier molecular flexibility index (Phi) is 4.46. The highest BCUT2D eigenvalue weighted by molar-refractivity contribution is 7.88. The van der Waals surface area contributed by atoms with Gasteiger partial charge in [0.05, 0.1) is 36.2 Å². The van der Waals surface area contributed by atoms with Crippen molar-refractivity contribution in [3.05, 3.63) is 65.7 Å². The molecule has 4 rings (SSSR count). The highest BCUT2D eigenvalue weighted by Crippen LogP contribution is 2.37. The number of hydrogen-bond donors (Lipinski definition) is 0. The van der Waals surface area contributed by atoms with Gasteiger partial charge in [0.15, 0.2) is 0 Å². The number of sulfonamides is 1. The van der Waals surface area contributed by atoms with Crippen LogP contribution < -0.4 is 4.74 Å². The molecule has 0 N–H and O–H groups in total. The van der Waals surface area contributed by atoms with Crippen molar-refractivity contribution in [2.45, 2.75) is 12.5 Å². The zero-order chi connectivity index (χ0) is 19.9. The molecule has 144 valence electrons. The molecule has 1 aliphatic heterocycles. The second-order valence-corrected chi connectivity index (χ2v) is 8.29. The average molecular weight is 400 g/mol. The van der Waals surface area contributed by atoms with Crippen LogP contribution in [0.3, 0.4) is 0 Å². The van der Waals surface area contributed by atoms with E-state index in [0.717, 1.165) is 21.8 Å². The minimum absolute atomic E-state index is 0.303. The quantitative estimate of drug-likeness (QED) is 0.672. The molecule has 0 saturated heterocycles. The van der Waals surface area contributed by atoms with Gasteiger partial charge in [0, 0.05) is 30.4 Å². The van der Waals surface area contributed by atoms with Gasteiger partial charge in [0.25, 0.3) is 0 Å². The van der Waals surface area contributed by atoms with Crippen LogP contribution in [-0.2, 0) is 10.0 Å². The van der Waals surface area contributed by atoms with Crippen molar-refractivity contribution in [3.8, 4) is 5.75 Å². The lowest BCUT2D eigenvalue weighted by molar-refractivity contribution is 0.375. The van der Waals surface area contributed by atoms with E-state index in [9.17, 15) is 12.8 Å². The van der Waals surface area contributed by atoms with Gasteiger partial charge < -0.3 is 4.74 Å². The maximum Gasteiger partial charge on any atom is 0.247 e. The summed E-state index contributed by atoms with van der Waals surface area (Å²) in [4.78, 5) is 8.52. The van der Waals surface area contributed by atoms with Gasteiger partial charge in [-0.25, -0.2) is 12.8 Å². The Morgan fingerprint density at radius 2 is 1.86 bits per heavy atom. The third-order valence-corrected chi connectivity index (χ3v) is 5.58. The third-order valence-electron chi connectivity index (χ3n) is 4.57. The standard InChI is InChI=1S/C19H17FN4O3S/c1-27-19-10-13(20)4-5-14(19)16-11-18(24(23-16)28(2,25)26)12-3-6-15-17(9-12)22-8-7-21-15/h3-10,18H,11H2,1-2H3/t18-/m0/s1. The van der Waals surface area contributed by atoms with Crippen LogP contribution in [0.2, 0.25) is 0 Å². The molecule has 0 amide bonds. The first-order valence-electron chi connectivity index (χ1n) is 8.48. The molecule has 28 heavy (non-hydrogen) atoms. The molecule has 0 aliphatic carbocycles. The number of rotatable bonds is 4. The minimum Gasteiger partial charge on any atom is -0.496 e. The van der Waals surface area contributed by atoms with Crippen molar-refractivity contribution < 1.29 is 17.5 Å². The molecule has 0 radical (unpaired) electrons. The third kappa shape index (κ3) is 3.29. The van der Waals surface area contributed by atoms with E-state index in [1.54, 1.807) is 24.5 Å². The number of fused-ring (bicyclic) bond motifs is 1. The normalized spacial score (nSPS) is 17.0. The molecule has 1 atom stereocenters. The number of halogens is 1. The van der Waals surface area contributed by atoms with E-state index in [-0.39, 0.29) is 0 Å². The summed E-state index contributed by atoms with van der Waals surface area (Å²) in [6.07, 6.45) is 4.61. The summed E-state index contributed by atoms with van der Waals surface area (Å²) < 4.78 is 44.6. The largest absolute Gasteiger partial charge is 0.496 e. The first-order valence-corrected chi connectivity index (χ1v) is 10.3. The van der Waals surface area contributed by atoms with Crippen molar-refractivity contribution in [2.75, 3.05) is 13.4 Å². The van der Waals surface area contributed by atoms with Crippen LogP contribution >= 0.6 is 0 Å². The first-order chi connectivity index (χ1) is 13.4. The van der Waals surface area contributed by atoms with Crippen LogP contribution in [0.1, 0.15) is 23.6 Å². The zero-order valence-corrected chi connectivity index (χ0v) is 16.0. The van der Waals surface area contributed by atoms with E-state index >= 15 is 0 Å². The molecule has 7 nitrogen and oxygen atoms in total. The van der Waals surface area contributed by atoms with Crippen LogP contribution in [0.4, 0.5) is 4.39 Å². The van der Waals surface area contributed by atoms with Crippen LogP contribution in [0.25, 0.3) is 11.0 Å². The predicted molar refractivity (Wildman–Crippen MR) is 103 cm³/mol. The summed E-state index contributed by atoms with van der Waals surface area (Å²) in [6, 6.07) is 8.99. The monoisotopic (exact) mass is 400 g/mol. The first kappa shape index (κ1) is 18.3. The second-order valence-electron chi connectivity index (χ2n) is 6.45. The molecule has 0 saturated carbocycles. The lowest BCUT2D eigenvalue weighted by Crippen LogP contribution is -2.25. The van der Waals surface area contributed by atoms with Crippen LogP contribution in [-0.4, -0.2) is 41.9 Å². The second kappa shape index (κ2) is 6.83. The van der Waals surface area contributed by atoms with Gasteiger partial charge in [0.2, 0.25) is 10.0 Å². The molecule has 2 aromatic carbocycles. The van der Waals surface area contributed by atoms with Gasteiger partial charge in [-0.3, -0.25) is 9.97 Å². The predicted octanol–water partition coefficient (Wildman–Crippen LogP) is 2.89. The van der Waals surface area contributed by atoms with E-state index in [0.29, 0.717) is 29.0 Å². The fourth-order valence-electron chi connectivity index (χ4n) is 3.30. The van der Waals surface area contributed by atoms with Crippen LogP contribution in [0.15, 0.2) is 53.9 Å². The van der Waals surface area contributed by atoms with Gasteiger partial charge in [-0.05, 0) is 29.8 Å². The van der Waals surface area contributed by atoms with Crippen molar-refractivity contribution in [1.29, 1.82) is 0 Å². The number of ether oxygens (including phenoxy) is 1. The summed E-state index contributed by atoms with van der Waals surface area (Å²) >= 11 is 0. The lowest BCUT2D eigenvalue weighted by atomic mass is 9.98. The van der Waals surface area contributed by atoms with Gasteiger partial charge in [-0.2, -0.15) is 9.52 Å². The summed E-state index contributed by atoms with van der Waals surface area (Å²) in [5, 5.41) is 4.33. The van der Waals surface area contributed by atoms with Gasteiger partial charge >= 0.3 is 0 Å². The van der Waals surface area contributed by atoms with E-state index in [1.807, 2.05) is 12.1 Å². The molecule has 1 aromatic heterocycles. The number of hydrazone groups is 1. The Labute approximate surface area is 161 Å². The van der Waals surface area contributed by atoms with Gasteiger partial charge in [0.1, 0.15) is 11.6 Å². The topological polar surface area (TPSA) is 84.8 Å². The molecular weight excluding hydrogens is 383 g/mol. The number of methoxy groups -OCH3 is 1. The molecule has 1 aliphatic rings. The molecular formula is C19H17FN4O3S. The summed E-state index contributed by atoms with van der Waals surface area (Å²) in [5.74, 6) is -0.138. The Hall–Kier alpha value is -3.07. The smallest absolute Gasteiger partial charge is 0.247 e. The Morgan fingerprint density at radius 3 is 2.57 bits per heavy atom. The number of nitrogens with zero attached hydrogens (tertiary/aromatic N) is 4. The zero-order valence-electron chi connectivity index (χ0n) is 15.2. The Bertz CT molecular complexity index is 1200. The molecule has 0 spiro atoms. The fourth-order valence-corrected chi connectivity index (χ4v) is 4.20. The molecule has 0 fully saturated rings. The van der Waals surface area contributed by atoms with Crippen LogP contribution in [0.5, 0.6) is 5.75 Å². The molecule has 0 unspecified atom stereocenters. The fraction of sp³-hybridized carbons (Fsp3) is 0.211. The number of hydrogen-bond acceptors (Lipinski definition) is 6. The molecule has 3 aromatic rings. The highest BCUT2D eigenvalue weighted by atomic mass is 32.2. The number of aromatic nitrogens is 2. The highest BCUT2D eigenvalue weighted by Gasteiger charge is 2.35. The van der Waals surface area contributed by atoms with E-state index in [2.05, 4.69) is 15.1 Å². The average Bonchev–Trinajstić information content (AvgIpc) is 3.13. The van der Waals surface area contributed by atoms with Crippen molar-refractivity contribution in [2.24, 2.45) is 5.10 Å². The van der Waals surface area contributed by atoms with Gasteiger partial charge in [-0.1, -0.05) is 6.07 Å². The number of benzene rings is 2. The maximum atomic E-state index is 13.5. The summed E-state index contributed by atoms with van der Waals surface area (Å²) in [5.41, 5.74) is 3.20. The summed E-state index contributed by atoms with van der Waals surface area (Å²) in [7, 11) is -2.19. The molecule has 0 bridgehead atoms. The van der Waals surface area contributed by atoms with Crippen molar-refractivity contribution in [1.82, 2.24) is 14.4 Å².